The van der Waals surface area contributed by atoms with Crippen LogP contribution in [0.5, 0.6) is 0 Å². The Morgan fingerprint density at radius 2 is 1.96 bits per heavy atom. The molecule has 1 unspecified atom stereocenters. The first-order valence-corrected chi connectivity index (χ1v) is 8.98. The van der Waals surface area contributed by atoms with Gasteiger partial charge in [-0.3, -0.25) is 9.69 Å². The maximum Gasteiger partial charge on any atom is 0.346 e. The van der Waals surface area contributed by atoms with E-state index in [0.717, 1.165) is 37.1 Å². The SMILES string of the molecule is O=C(O)c1sccc1CN1C(=O)c2ccccc2C1N1CCCC1. The summed E-state index contributed by atoms with van der Waals surface area (Å²) in [6.45, 7) is 2.27. The zero-order valence-electron chi connectivity index (χ0n) is 13.1. The van der Waals surface area contributed by atoms with Crippen LogP contribution < -0.4 is 0 Å². The fraction of sp³-hybridized carbons (Fsp3) is 0.333. The van der Waals surface area contributed by atoms with Crippen molar-refractivity contribution in [3.8, 4) is 0 Å². The summed E-state index contributed by atoms with van der Waals surface area (Å²) in [6.07, 6.45) is 2.19. The highest BCUT2D eigenvalue weighted by Crippen LogP contribution is 2.39. The van der Waals surface area contributed by atoms with E-state index in [1.54, 1.807) is 5.38 Å². The van der Waals surface area contributed by atoms with Gasteiger partial charge in [-0.05, 0) is 35.9 Å². The lowest BCUT2D eigenvalue weighted by atomic mass is 10.1. The van der Waals surface area contributed by atoms with Crippen molar-refractivity contribution in [2.45, 2.75) is 25.6 Å². The number of carboxylic acid groups (broad SMARTS) is 1. The van der Waals surface area contributed by atoms with Gasteiger partial charge in [0.05, 0.1) is 0 Å². The highest BCUT2D eigenvalue weighted by molar-refractivity contribution is 7.12. The molecule has 1 atom stereocenters. The van der Waals surface area contributed by atoms with Crippen molar-refractivity contribution in [1.82, 2.24) is 9.80 Å². The predicted molar refractivity (Wildman–Crippen MR) is 91.1 cm³/mol. The molecule has 24 heavy (non-hydrogen) atoms. The van der Waals surface area contributed by atoms with Gasteiger partial charge >= 0.3 is 5.97 Å². The third-order valence-corrected chi connectivity index (χ3v) is 5.74. The number of fused-ring (bicyclic) bond motifs is 1. The van der Waals surface area contributed by atoms with E-state index in [2.05, 4.69) is 4.90 Å². The number of amides is 1. The molecule has 0 radical (unpaired) electrons. The molecule has 124 valence electrons. The summed E-state index contributed by atoms with van der Waals surface area (Å²) in [5.74, 6) is -0.938. The Balaban J connectivity index is 1.71. The third-order valence-electron chi connectivity index (χ3n) is 4.79. The van der Waals surface area contributed by atoms with Gasteiger partial charge in [-0.15, -0.1) is 11.3 Å². The molecule has 2 aliphatic heterocycles. The van der Waals surface area contributed by atoms with Crippen LogP contribution in [0.25, 0.3) is 0 Å². The normalized spacial score (nSPS) is 20.6. The number of hydrogen-bond donors (Lipinski definition) is 1. The number of hydrogen-bond acceptors (Lipinski definition) is 4. The minimum absolute atomic E-state index is 0.00922. The summed E-state index contributed by atoms with van der Waals surface area (Å²) in [7, 11) is 0. The van der Waals surface area contributed by atoms with E-state index < -0.39 is 5.97 Å². The van der Waals surface area contributed by atoms with E-state index in [-0.39, 0.29) is 12.1 Å². The Morgan fingerprint density at radius 3 is 2.71 bits per heavy atom. The van der Waals surface area contributed by atoms with Crippen molar-refractivity contribution in [1.29, 1.82) is 0 Å². The van der Waals surface area contributed by atoms with E-state index in [9.17, 15) is 14.7 Å². The summed E-state index contributed by atoms with van der Waals surface area (Å²) in [6, 6.07) is 9.54. The predicted octanol–water partition coefficient (Wildman–Crippen LogP) is 3.20. The Morgan fingerprint density at radius 1 is 1.21 bits per heavy atom. The molecule has 1 saturated heterocycles. The summed E-state index contributed by atoms with van der Waals surface area (Å²) in [4.78, 5) is 28.8. The van der Waals surface area contributed by atoms with Crippen LogP contribution in [0.3, 0.4) is 0 Å². The largest absolute Gasteiger partial charge is 0.477 e. The zero-order valence-corrected chi connectivity index (χ0v) is 14.0. The molecule has 1 aromatic heterocycles. The number of carbonyl (C=O) groups excluding carboxylic acids is 1. The Hall–Kier alpha value is -2.18. The Bertz CT molecular complexity index is 795. The zero-order chi connectivity index (χ0) is 16.7. The van der Waals surface area contributed by atoms with Crippen LogP contribution in [0.1, 0.15) is 50.2 Å². The number of carbonyl (C=O) groups is 2. The maximum absolute atomic E-state index is 12.9. The number of thiophene rings is 1. The molecule has 4 rings (SSSR count). The first-order chi connectivity index (χ1) is 11.7. The van der Waals surface area contributed by atoms with Crippen molar-refractivity contribution in [3.05, 3.63) is 57.3 Å². The molecule has 1 fully saturated rings. The van der Waals surface area contributed by atoms with Gasteiger partial charge in [-0.1, -0.05) is 18.2 Å². The van der Waals surface area contributed by atoms with E-state index in [1.807, 2.05) is 35.2 Å². The van der Waals surface area contributed by atoms with Gasteiger partial charge < -0.3 is 10.0 Å². The molecule has 5 nitrogen and oxygen atoms in total. The number of likely N-dealkylation sites (tertiary alicyclic amines) is 1. The van der Waals surface area contributed by atoms with Crippen molar-refractivity contribution in [3.63, 3.8) is 0 Å². The van der Waals surface area contributed by atoms with Crippen molar-refractivity contribution in [2.75, 3.05) is 13.1 Å². The van der Waals surface area contributed by atoms with Crippen LogP contribution in [0.4, 0.5) is 0 Å². The fourth-order valence-electron chi connectivity index (χ4n) is 3.72. The van der Waals surface area contributed by atoms with E-state index >= 15 is 0 Å². The topological polar surface area (TPSA) is 60.9 Å². The second kappa shape index (κ2) is 6.03. The van der Waals surface area contributed by atoms with Gasteiger partial charge in [0.1, 0.15) is 11.0 Å². The molecular weight excluding hydrogens is 324 g/mol. The standard InChI is InChI=1S/C18H18N2O3S/c21-17-14-6-2-1-5-13(14)16(19-8-3-4-9-19)20(17)11-12-7-10-24-15(12)18(22)23/h1-2,5-7,10,16H,3-4,8-9,11H2,(H,22,23). The lowest BCUT2D eigenvalue weighted by Crippen LogP contribution is -2.38. The van der Waals surface area contributed by atoms with E-state index in [0.29, 0.717) is 17.0 Å². The second-order valence-electron chi connectivity index (χ2n) is 6.22. The number of carboxylic acids is 1. The van der Waals surface area contributed by atoms with Crippen LogP contribution in [0, 0.1) is 0 Å². The Labute approximate surface area is 144 Å². The molecule has 0 spiro atoms. The molecule has 2 aromatic rings. The van der Waals surface area contributed by atoms with Crippen molar-refractivity contribution in [2.24, 2.45) is 0 Å². The molecule has 1 N–H and O–H groups in total. The maximum atomic E-state index is 12.9. The van der Waals surface area contributed by atoms with Gasteiger partial charge in [-0.2, -0.15) is 0 Å². The van der Waals surface area contributed by atoms with Gasteiger partial charge in [0.15, 0.2) is 0 Å². The lowest BCUT2D eigenvalue weighted by molar-refractivity contribution is 0.0437. The highest BCUT2D eigenvalue weighted by atomic mass is 32.1. The summed E-state index contributed by atoms with van der Waals surface area (Å²) in [5.41, 5.74) is 2.48. The molecule has 2 aliphatic rings. The number of aromatic carboxylic acids is 1. The van der Waals surface area contributed by atoms with Crippen LogP contribution in [0.2, 0.25) is 0 Å². The van der Waals surface area contributed by atoms with Crippen molar-refractivity contribution < 1.29 is 14.7 Å². The molecule has 1 aromatic carbocycles. The Kier molecular flexibility index (Phi) is 3.86. The van der Waals surface area contributed by atoms with Gasteiger partial charge in [0.2, 0.25) is 0 Å². The monoisotopic (exact) mass is 342 g/mol. The van der Waals surface area contributed by atoms with Gasteiger partial charge in [-0.25, -0.2) is 4.79 Å². The van der Waals surface area contributed by atoms with Crippen molar-refractivity contribution >= 4 is 23.2 Å². The van der Waals surface area contributed by atoms with Crippen LogP contribution in [0.15, 0.2) is 35.7 Å². The average molecular weight is 342 g/mol. The quantitative estimate of drug-likeness (QED) is 0.927. The van der Waals surface area contributed by atoms with Gasteiger partial charge in [0, 0.05) is 30.8 Å². The molecular formula is C18H18N2O3S. The minimum atomic E-state index is -0.929. The highest BCUT2D eigenvalue weighted by Gasteiger charge is 2.41. The smallest absolute Gasteiger partial charge is 0.346 e. The molecule has 3 heterocycles. The number of benzene rings is 1. The molecule has 0 aliphatic carbocycles. The van der Waals surface area contributed by atoms with E-state index in [4.69, 9.17) is 0 Å². The second-order valence-corrected chi connectivity index (χ2v) is 7.13. The number of nitrogens with zero attached hydrogens (tertiary/aromatic N) is 2. The lowest BCUT2D eigenvalue weighted by Gasteiger charge is -2.32. The van der Waals surface area contributed by atoms with Crippen LogP contribution in [-0.2, 0) is 6.54 Å². The van der Waals surface area contributed by atoms with E-state index in [1.165, 1.54) is 11.3 Å². The molecule has 0 bridgehead atoms. The minimum Gasteiger partial charge on any atom is -0.477 e. The first-order valence-electron chi connectivity index (χ1n) is 8.10. The summed E-state index contributed by atoms with van der Waals surface area (Å²) < 4.78 is 0. The fourth-order valence-corrected chi connectivity index (χ4v) is 4.47. The summed E-state index contributed by atoms with van der Waals surface area (Å²) in [5, 5.41) is 11.1. The molecule has 1 amide bonds. The third kappa shape index (κ3) is 2.42. The van der Waals surface area contributed by atoms with Crippen LogP contribution in [-0.4, -0.2) is 39.9 Å². The van der Waals surface area contributed by atoms with Gasteiger partial charge in [0.25, 0.3) is 5.91 Å². The first kappa shape index (κ1) is 15.4. The average Bonchev–Trinajstić information content (AvgIpc) is 3.29. The van der Waals surface area contributed by atoms with Crippen LogP contribution >= 0.6 is 11.3 Å². The molecule has 0 saturated carbocycles. The molecule has 6 heteroatoms. The number of rotatable bonds is 4. The summed E-state index contributed by atoms with van der Waals surface area (Å²) >= 11 is 1.21.